The van der Waals surface area contributed by atoms with Crippen LogP contribution < -0.4 is 5.32 Å². The van der Waals surface area contributed by atoms with Crippen LogP contribution in [0.5, 0.6) is 0 Å². The summed E-state index contributed by atoms with van der Waals surface area (Å²) in [5.74, 6) is -0.216. The summed E-state index contributed by atoms with van der Waals surface area (Å²) in [5, 5.41) is 5.12. The second-order valence-electron chi connectivity index (χ2n) is 5.88. The van der Waals surface area contributed by atoms with Crippen molar-refractivity contribution in [1.29, 1.82) is 0 Å². The van der Waals surface area contributed by atoms with Crippen molar-refractivity contribution in [2.24, 2.45) is 0 Å². The molecule has 0 aliphatic carbocycles. The van der Waals surface area contributed by atoms with Gasteiger partial charge in [-0.2, -0.15) is 0 Å². The van der Waals surface area contributed by atoms with E-state index in [1.54, 1.807) is 36.2 Å². The Balaban J connectivity index is 1.73. The van der Waals surface area contributed by atoms with E-state index >= 15 is 0 Å². The molecule has 0 bridgehead atoms. The minimum Gasteiger partial charge on any atom is -0.320 e. The van der Waals surface area contributed by atoms with E-state index in [-0.39, 0.29) is 5.91 Å². The number of hydrogen-bond acceptors (Lipinski definition) is 3. The van der Waals surface area contributed by atoms with Gasteiger partial charge in [0.05, 0.1) is 5.69 Å². The summed E-state index contributed by atoms with van der Waals surface area (Å²) in [6, 6.07) is 25.6. The van der Waals surface area contributed by atoms with Gasteiger partial charge in [-0.3, -0.25) is 9.78 Å². The first-order chi connectivity index (χ1) is 13.2. The molecule has 1 aromatic heterocycles. The third-order valence-electron chi connectivity index (χ3n) is 4.05. The molecule has 1 N–H and O–H groups in total. The van der Waals surface area contributed by atoms with Crippen LogP contribution in [0.2, 0.25) is 0 Å². The van der Waals surface area contributed by atoms with Crippen LogP contribution in [0.4, 0.5) is 5.69 Å². The number of nitrogens with zero attached hydrogens (tertiary/aromatic N) is 1. The van der Waals surface area contributed by atoms with Crippen LogP contribution in [-0.4, -0.2) is 10.9 Å². The SMILES string of the molecule is O=C(Nc1cccc2cccc(Sc3ccc(Br)cc3)c12)c1ccccn1. The monoisotopic (exact) mass is 434 g/mol. The molecule has 1 amide bonds. The van der Waals surface area contributed by atoms with Gasteiger partial charge in [-0.05, 0) is 53.9 Å². The minimum atomic E-state index is -0.216. The predicted octanol–water partition coefficient (Wildman–Crippen LogP) is 6.40. The Bertz CT molecular complexity index is 1090. The third kappa shape index (κ3) is 4.04. The molecule has 0 aliphatic heterocycles. The number of amides is 1. The molecule has 4 aromatic rings. The normalized spacial score (nSPS) is 10.7. The maximum Gasteiger partial charge on any atom is 0.274 e. The van der Waals surface area contributed by atoms with Gasteiger partial charge in [0.25, 0.3) is 5.91 Å². The molecular formula is C22H15BrN2OS. The van der Waals surface area contributed by atoms with Gasteiger partial charge >= 0.3 is 0 Å². The smallest absolute Gasteiger partial charge is 0.274 e. The Morgan fingerprint density at radius 1 is 0.889 bits per heavy atom. The Kier molecular flexibility index (Phi) is 5.23. The second-order valence-corrected chi connectivity index (χ2v) is 7.92. The molecule has 0 aliphatic rings. The number of pyridine rings is 1. The van der Waals surface area contributed by atoms with Crippen molar-refractivity contribution in [3.8, 4) is 0 Å². The number of halogens is 1. The van der Waals surface area contributed by atoms with Crippen molar-refractivity contribution in [3.63, 3.8) is 0 Å². The quantitative estimate of drug-likeness (QED) is 0.403. The summed E-state index contributed by atoms with van der Waals surface area (Å²) in [7, 11) is 0. The highest BCUT2D eigenvalue weighted by Gasteiger charge is 2.12. The number of hydrogen-bond donors (Lipinski definition) is 1. The van der Waals surface area contributed by atoms with E-state index < -0.39 is 0 Å². The lowest BCUT2D eigenvalue weighted by Crippen LogP contribution is -2.13. The maximum atomic E-state index is 12.6. The van der Waals surface area contributed by atoms with E-state index in [4.69, 9.17) is 0 Å². The predicted molar refractivity (Wildman–Crippen MR) is 114 cm³/mol. The molecule has 4 rings (SSSR count). The van der Waals surface area contributed by atoms with E-state index in [1.165, 1.54) is 0 Å². The molecule has 0 fully saturated rings. The highest BCUT2D eigenvalue weighted by Crippen LogP contribution is 2.37. The van der Waals surface area contributed by atoms with Gasteiger partial charge in [0, 0.05) is 25.8 Å². The average Bonchev–Trinajstić information content (AvgIpc) is 2.70. The Labute approximate surface area is 170 Å². The molecule has 3 aromatic carbocycles. The molecule has 0 saturated carbocycles. The molecule has 1 heterocycles. The number of nitrogens with one attached hydrogen (secondary N) is 1. The number of carbonyl (C=O) groups is 1. The van der Waals surface area contributed by atoms with Gasteiger partial charge in [-0.15, -0.1) is 0 Å². The Morgan fingerprint density at radius 2 is 1.67 bits per heavy atom. The van der Waals surface area contributed by atoms with Crippen LogP contribution in [0.3, 0.4) is 0 Å². The number of carbonyl (C=O) groups excluding carboxylic acids is 1. The lowest BCUT2D eigenvalue weighted by atomic mass is 10.1. The van der Waals surface area contributed by atoms with E-state index in [0.29, 0.717) is 5.69 Å². The number of benzene rings is 3. The highest BCUT2D eigenvalue weighted by molar-refractivity contribution is 9.10. The number of anilines is 1. The zero-order valence-corrected chi connectivity index (χ0v) is 16.6. The largest absolute Gasteiger partial charge is 0.320 e. The molecule has 27 heavy (non-hydrogen) atoms. The van der Waals surface area contributed by atoms with Gasteiger partial charge in [-0.25, -0.2) is 0 Å². The fourth-order valence-corrected chi connectivity index (χ4v) is 4.08. The third-order valence-corrected chi connectivity index (χ3v) is 5.65. The molecule has 0 spiro atoms. The van der Waals surface area contributed by atoms with Crippen molar-refractivity contribution in [2.45, 2.75) is 9.79 Å². The highest BCUT2D eigenvalue weighted by atomic mass is 79.9. The maximum absolute atomic E-state index is 12.6. The minimum absolute atomic E-state index is 0.216. The standard InChI is InChI=1S/C22H15BrN2OS/c23-16-10-12-17(13-11-16)27-20-9-4-6-15-5-3-8-18(21(15)20)25-22(26)19-7-1-2-14-24-19/h1-14H,(H,25,26). The van der Waals surface area contributed by atoms with Crippen LogP contribution in [0.15, 0.2) is 99.3 Å². The van der Waals surface area contributed by atoms with Crippen LogP contribution in [-0.2, 0) is 0 Å². The summed E-state index contributed by atoms with van der Waals surface area (Å²) < 4.78 is 1.05. The van der Waals surface area contributed by atoms with E-state index in [2.05, 4.69) is 56.6 Å². The van der Waals surface area contributed by atoms with Gasteiger partial charge in [0.15, 0.2) is 0 Å². The van der Waals surface area contributed by atoms with E-state index in [9.17, 15) is 4.79 Å². The fraction of sp³-hybridized carbons (Fsp3) is 0. The zero-order valence-electron chi connectivity index (χ0n) is 14.2. The van der Waals surface area contributed by atoms with Gasteiger partial charge in [0.2, 0.25) is 0 Å². The lowest BCUT2D eigenvalue weighted by molar-refractivity contribution is 0.102. The number of aromatic nitrogens is 1. The molecule has 5 heteroatoms. The van der Waals surface area contributed by atoms with Crippen LogP contribution in [0.25, 0.3) is 10.8 Å². The van der Waals surface area contributed by atoms with Crippen molar-refractivity contribution in [1.82, 2.24) is 4.98 Å². The Morgan fingerprint density at radius 3 is 2.41 bits per heavy atom. The van der Waals surface area contributed by atoms with Crippen molar-refractivity contribution in [3.05, 3.63) is 95.2 Å². The summed E-state index contributed by atoms with van der Waals surface area (Å²) in [6.45, 7) is 0. The molecule has 132 valence electrons. The van der Waals surface area contributed by atoms with Crippen molar-refractivity contribution < 1.29 is 4.79 Å². The summed E-state index contributed by atoms with van der Waals surface area (Å²) in [4.78, 5) is 18.9. The topological polar surface area (TPSA) is 42.0 Å². The van der Waals surface area contributed by atoms with Crippen LogP contribution in [0.1, 0.15) is 10.5 Å². The first-order valence-electron chi connectivity index (χ1n) is 8.38. The first-order valence-corrected chi connectivity index (χ1v) is 9.99. The fourth-order valence-electron chi connectivity index (χ4n) is 2.81. The molecule has 0 saturated heterocycles. The summed E-state index contributed by atoms with van der Waals surface area (Å²) in [6.07, 6.45) is 1.62. The average molecular weight is 435 g/mol. The van der Waals surface area contributed by atoms with Crippen molar-refractivity contribution >= 4 is 50.1 Å². The first kappa shape index (κ1) is 17.8. The zero-order chi connectivity index (χ0) is 18.6. The lowest BCUT2D eigenvalue weighted by Gasteiger charge is -2.12. The van der Waals surface area contributed by atoms with Crippen LogP contribution >= 0.6 is 27.7 Å². The second kappa shape index (κ2) is 7.94. The van der Waals surface area contributed by atoms with Gasteiger partial charge < -0.3 is 5.32 Å². The van der Waals surface area contributed by atoms with Gasteiger partial charge in [0.1, 0.15) is 5.69 Å². The summed E-state index contributed by atoms with van der Waals surface area (Å²) in [5.41, 5.74) is 1.18. The number of fused-ring (bicyclic) bond motifs is 1. The Hall–Kier alpha value is -2.63. The van der Waals surface area contributed by atoms with Gasteiger partial charge in [-0.1, -0.05) is 58.0 Å². The molecule has 0 radical (unpaired) electrons. The van der Waals surface area contributed by atoms with Crippen LogP contribution in [0, 0.1) is 0 Å². The molecule has 3 nitrogen and oxygen atoms in total. The molecule has 0 atom stereocenters. The molecular weight excluding hydrogens is 420 g/mol. The number of rotatable bonds is 4. The summed E-state index contributed by atoms with van der Waals surface area (Å²) >= 11 is 5.14. The molecule has 0 unspecified atom stereocenters. The van der Waals surface area contributed by atoms with E-state index in [1.807, 2.05) is 30.3 Å². The van der Waals surface area contributed by atoms with Crippen molar-refractivity contribution in [2.75, 3.05) is 5.32 Å². The van der Waals surface area contributed by atoms with E-state index in [0.717, 1.165) is 30.7 Å².